The molecular weight excluding hydrogens is 404 g/mol. The van der Waals surface area contributed by atoms with Gasteiger partial charge in [-0.15, -0.1) is 0 Å². The Kier molecular flexibility index (Phi) is 9.57. The second-order valence-corrected chi connectivity index (χ2v) is 8.34. The first-order valence-electron chi connectivity index (χ1n) is 11.2. The second-order valence-electron chi connectivity index (χ2n) is 8.34. The number of hydrogen-bond donors (Lipinski definition) is 1. The molecule has 0 fully saturated rings. The van der Waals surface area contributed by atoms with Crippen molar-refractivity contribution >= 4 is 11.8 Å². The van der Waals surface area contributed by atoms with Crippen molar-refractivity contribution in [2.24, 2.45) is 0 Å². The van der Waals surface area contributed by atoms with E-state index in [2.05, 4.69) is 19.2 Å². The summed E-state index contributed by atoms with van der Waals surface area (Å²) in [5.41, 5.74) is 1.95. The molecule has 174 valence electrons. The number of carbonyl (C=O) groups is 2. The van der Waals surface area contributed by atoms with Crippen LogP contribution >= 0.6 is 0 Å². The number of carbonyl (C=O) groups excluding carboxylic acids is 2. The predicted molar refractivity (Wildman–Crippen MR) is 127 cm³/mol. The Balaban J connectivity index is 2.20. The summed E-state index contributed by atoms with van der Waals surface area (Å²) >= 11 is 0. The Hall–Kier alpha value is -3.02. The average molecular weight is 441 g/mol. The molecule has 0 radical (unpaired) electrons. The van der Waals surface area contributed by atoms with E-state index < -0.39 is 6.04 Å². The van der Waals surface area contributed by atoms with Gasteiger partial charge in [0.25, 0.3) is 5.91 Å². The molecule has 2 atom stereocenters. The van der Waals surface area contributed by atoms with Crippen molar-refractivity contribution in [3.8, 4) is 11.5 Å². The number of para-hydroxylation sites is 1. The summed E-state index contributed by atoms with van der Waals surface area (Å²) in [6.07, 6.45) is 0.819. The maximum absolute atomic E-state index is 13.2. The number of hydrogen-bond acceptors (Lipinski definition) is 4. The van der Waals surface area contributed by atoms with Crippen molar-refractivity contribution in [1.82, 2.24) is 10.2 Å². The molecule has 2 rings (SSSR count). The van der Waals surface area contributed by atoms with E-state index in [4.69, 9.17) is 9.47 Å². The molecule has 0 saturated heterocycles. The van der Waals surface area contributed by atoms with Crippen molar-refractivity contribution in [3.05, 3.63) is 59.7 Å². The molecule has 1 N–H and O–H groups in total. The van der Waals surface area contributed by atoms with Gasteiger partial charge < -0.3 is 19.7 Å². The zero-order chi connectivity index (χ0) is 23.7. The Bertz CT molecular complexity index is 880. The van der Waals surface area contributed by atoms with E-state index in [1.54, 1.807) is 18.9 Å². The van der Waals surface area contributed by atoms with Gasteiger partial charge in [0.1, 0.15) is 17.5 Å². The van der Waals surface area contributed by atoms with Gasteiger partial charge in [0.2, 0.25) is 5.91 Å². The Morgan fingerprint density at radius 3 is 2.25 bits per heavy atom. The van der Waals surface area contributed by atoms with Crippen LogP contribution < -0.4 is 14.8 Å². The predicted octanol–water partition coefficient (Wildman–Crippen LogP) is 4.53. The maximum Gasteiger partial charge on any atom is 0.261 e. The standard InChI is InChI=1S/C26H36N2O4/c1-7-19(4)27-26(30)20(5)28(16-21-12-14-22(31-6)15-13-21)25(29)17-32-24-11-9-8-10-23(24)18(2)3/h8-15,18-20H,7,16-17H2,1-6H3,(H,27,30)/t19-,20+/m1/s1. The van der Waals surface area contributed by atoms with Gasteiger partial charge in [0.05, 0.1) is 7.11 Å². The molecule has 0 aliphatic carbocycles. The van der Waals surface area contributed by atoms with Gasteiger partial charge in [-0.3, -0.25) is 9.59 Å². The van der Waals surface area contributed by atoms with E-state index in [1.165, 1.54) is 0 Å². The Morgan fingerprint density at radius 2 is 1.66 bits per heavy atom. The van der Waals surface area contributed by atoms with E-state index >= 15 is 0 Å². The van der Waals surface area contributed by atoms with Gasteiger partial charge in [0.15, 0.2) is 6.61 Å². The van der Waals surface area contributed by atoms with E-state index in [0.717, 1.165) is 23.3 Å². The molecule has 32 heavy (non-hydrogen) atoms. The molecule has 0 unspecified atom stereocenters. The molecule has 2 aromatic carbocycles. The molecule has 2 aromatic rings. The monoisotopic (exact) mass is 440 g/mol. The third-order valence-electron chi connectivity index (χ3n) is 5.57. The van der Waals surface area contributed by atoms with Crippen LogP contribution in [-0.4, -0.2) is 42.5 Å². The fraction of sp³-hybridized carbons (Fsp3) is 0.462. The highest BCUT2D eigenvalue weighted by Gasteiger charge is 2.27. The lowest BCUT2D eigenvalue weighted by atomic mass is 10.0. The van der Waals surface area contributed by atoms with Crippen LogP contribution in [0, 0.1) is 0 Å². The quantitative estimate of drug-likeness (QED) is 0.557. The van der Waals surface area contributed by atoms with Crippen LogP contribution in [0.15, 0.2) is 48.5 Å². The molecule has 0 aliphatic heterocycles. The molecule has 6 heteroatoms. The molecule has 0 aromatic heterocycles. The lowest BCUT2D eigenvalue weighted by Gasteiger charge is -2.30. The van der Waals surface area contributed by atoms with Crippen LogP contribution in [0.3, 0.4) is 0 Å². The van der Waals surface area contributed by atoms with Gasteiger partial charge in [-0.25, -0.2) is 0 Å². The SMILES string of the molecule is CC[C@@H](C)NC(=O)[C@H](C)N(Cc1ccc(OC)cc1)C(=O)COc1ccccc1C(C)C. The molecule has 6 nitrogen and oxygen atoms in total. The summed E-state index contributed by atoms with van der Waals surface area (Å²) in [4.78, 5) is 27.6. The van der Waals surface area contributed by atoms with E-state index in [-0.39, 0.29) is 30.4 Å². The number of benzene rings is 2. The highest BCUT2D eigenvalue weighted by molar-refractivity contribution is 5.88. The van der Waals surface area contributed by atoms with Gasteiger partial charge in [-0.1, -0.05) is 51.1 Å². The lowest BCUT2D eigenvalue weighted by Crippen LogP contribution is -2.50. The molecule has 0 aliphatic rings. The maximum atomic E-state index is 13.2. The highest BCUT2D eigenvalue weighted by atomic mass is 16.5. The van der Waals surface area contributed by atoms with Crippen molar-refractivity contribution in [2.75, 3.05) is 13.7 Å². The van der Waals surface area contributed by atoms with Gasteiger partial charge in [0, 0.05) is 12.6 Å². The normalized spacial score (nSPS) is 12.7. The Morgan fingerprint density at radius 1 is 1.00 bits per heavy atom. The summed E-state index contributed by atoms with van der Waals surface area (Å²) in [6.45, 7) is 10.0. The van der Waals surface area contributed by atoms with Crippen molar-refractivity contribution in [2.45, 2.75) is 65.6 Å². The fourth-order valence-corrected chi connectivity index (χ4v) is 3.29. The summed E-state index contributed by atoms with van der Waals surface area (Å²) in [6, 6.07) is 14.6. The number of nitrogens with zero attached hydrogens (tertiary/aromatic N) is 1. The molecule has 0 heterocycles. The third-order valence-corrected chi connectivity index (χ3v) is 5.57. The first-order chi connectivity index (χ1) is 15.3. The van der Waals surface area contributed by atoms with E-state index in [9.17, 15) is 9.59 Å². The minimum absolute atomic E-state index is 0.0389. The minimum atomic E-state index is -0.637. The summed E-state index contributed by atoms with van der Waals surface area (Å²) < 4.78 is 11.1. The van der Waals surface area contributed by atoms with E-state index in [1.807, 2.05) is 62.4 Å². The molecule has 0 bridgehead atoms. The number of rotatable bonds is 11. The smallest absolute Gasteiger partial charge is 0.261 e. The van der Waals surface area contributed by atoms with Gasteiger partial charge in [-0.2, -0.15) is 0 Å². The van der Waals surface area contributed by atoms with Crippen LogP contribution in [-0.2, 0) is 16.1 Å². The number of amides is 2. The fourth-order valence-electron chi connectivity index (χ4n) is 3.29. The summed E-state index contributed by atoms with van der Waals surface area (Å²) in [5, 5.41) is 2.97. The first-order valence-corrected chi connectivity index (χ1v) is 11.2. The zero-order valence-electron chi connectivity index (χ0n) is 20.1. The van der Waals surface area contributed by atoms with Crippen molar-refractivity contribution in [1.29, 1.82) is 0 Å². The van der Waals surface area contributed by atoms with E-state index in [0.29, 0.717) is 12.3 Å². The lowest BCUT2D eigenvalue weighted by molar-refractivity contribution is -0.142. The topological polar surface area (TPSA) is 67.9 Å². The number of ether oxygens (including phenoxy) is 2. The Labute approximate surface area is 191 Å². The molecule has 2 amide bonds. The van der Waals surface area contributed by atoms with Crippen molar-refractivity contribution < 1.29 is 19.1 Å². The van der Waals surface area contributed by atoms with Crippen molar-refractivity contribution in [3.63, 3.8) is 0 Å². The first kappa shape index (κ1) is 25.2. The minimum Gasteiger partial charge on any atom is -0.497 e. The summed E-state index contributed by atoms with van der Waals surface area (Å²) in [7, 11) is 1.61. The van der Waals surface area contributed by atoms with Crippen LogP contribution in [0.25, 0.3) is 0 Å². The van der Waals surface area contributed by atoms with Crippen LogP contribution in [0.4, 0.5) is 0 Å². The van der Waals surface area contributed by atoms with Crippen LogP contribution in [0.1, 0.15) is 58.1 Å². The molecular formula is C26H36N2O4. The number of nitrogens with one attached hydrogen (secondary N) is 1. The van der Waals surface area contributed by atoms with Crippen LogP contribution in [0.2, 0.25) is 0 Å². The number of methoxy groups -OCH3 is 1. The molecule has 0 saturated carbocycles. The average Bonchev–Trinajstić information content (AvgIpc) is 2.80. The van der Waals surface area contributed by atoms with Crippen LogP contribution in [0.5, 0.6) is 11.5 Å². The van der Waals surface area contributed by atoms with Gasteiger partial charge >= 0.3 is 0 Å². The third kappa shape index (κ3) is 7.01. The highest BCUT2D eigenvalue weighted by Crippen LogP contribution is 2.26. The molecule has 0 spiro atoms. The summed E-state index contributed by atoms with van der Waals surface area (Å²) in [5.74, 6) is 1.28. The zero-order valence-corrected chi connectivity index (χ0v) is 20.1. The second kappa shape index (κ2) is 12.1. The largest absolute Gasteiger partial charge is 0.497 e. The van der Waals surface area contributed by atoms with Gasteiger partial charge in [-0.05, 0) is 55.5 Å².